The van der Waals surface area contributed by atoms with Gasteiger partial charge in [-0.2, -0.15) is 4.98 Å². The lowest BCUT2D eigenvalue weighted by Gasteiger charge is -2.33. The van der Waals surface area contributed by atoms with Crippen LogP contribution >= 0.6 is 0 Å². The molecule has 130 valence electrons. The van der Waals surface area contributed by atoms with Gasteiger partial charge in [0.2, 0.25) is 0 Å². The summed E-state index contributed by atoms with van der Waals surface area (Å²) in [6, 6.07) is 5.61. The summed E-state index contributed by atoms with van der Waals surface area (Å²) < 4.78 is 11.0. The number of phenols is 1. The van der Waals surface area contributed by atoms with Gasteiger partial charge in [-0.1, -0.05) is 6.07 Å². The second-order valence-electron chi connectivity index (χ2n) is 7.03. The highest BCUT2D eigenvalue weighted by Gasteiger charge is 2.27. The van der Waals surface area contributed by atoms with Gasteiger partial charge in [-0.25, -0.2) is 4.79 Å². The van der Waals surface area contributed by atoms with Crippen molar-refractivity contribution in [3.8, 4) is 5.75 Å². The van der Waals surface area contributed by atoms with Crippen molar-refractivity contribution in [2.75, 3.05) is 18.4 Å². The Balaban J connectivity index is 1.57. The normalized spacial score (nSPS) is 16.4. The number of amides is 1. The van der Waals surface area contributed by atoms with Crippen LogP contribution in [0.2, 0.25) is 0 Å². The monoisotopic (exact) mass is 333 g/mol. The zero-order chi connectivity index (χ0) is 17.3. The summed E-state index contributed by atoms with van der Waals surface area (Å²) >= 11 is 0. The molecule has 1 saturated heterocycles. The predicted molar refractivity (Wildman–Crippen MR) is 90.1 cm³/mol. The van der Waals surface area contributed by atoms with Crippen LogP contribution in [0.15, 0.2) is 22.6 Å². The molecule has 2 N–H and O–H groups in total. The molecule has 0 unspecified atom stereocenters. The average molecular weight is 333 g/mol. The van der Waals surface area contributed by atoms with Gasteiger partial charge in [-0.15, -0.1) is 0 Å². The van der Waals surface area contributed by atoms with Crippen molar-refractivity contribution in [3.63, 3.8) is 0 Å². The molecule has 7 nitrogen and oxygen atoms in total. The Labute approximate surface area is 140 Å². The average Bonchev–Trinajstić information content (AvgIpc) is 2.90. The molecule has 2 heterocycles. The van der Waals surface area contributed by atoms with Crippen LogP contribution in [-0.2, 0) is 4.74 Å². The van der Waals surface area contributed by atoms with Crippen molar-refractivity contribution < 1.29 is 19.1 Å². The number of hydrogen-bond acceptors (Lipinski definition) is 6. The van der Waals surface area contributed by atoms with E-state index >= 15 is 0 Å². The van der Waals surface area contributed by atoms with Crippen molar-refractivity contribution in [1.82, 2.24) is 9.88 Å². The lowest BCUT2D eigenvalue weighted by atomic mass is 10.1. The first-order chi connectivity index (χ1) is 11.3. The number of ether oxygens (including phenoxy) is 1. The fourth-order valence-electron chi connectivity index (χ4n) is 2.70. The lowest BCUT2D eigenvalue weighted by Crippen LogP contribution is -2.44. The van der Waals surface area contributed by atoms with Crippen LogP contribution in [0.5, 0.6) is 5.75 Å². The molecule has 0 bridgehead atoms. The number of oxazole rings is 1. The topological polar surface area (TPSA) is 87.8 Å². The number of para-hydroxylation sites is 1. The minimum absolute atomic E-state index is 0.101. The van der Waals surface area contributed by atoms with Crippen LogP contribution < -0.4 is 5.32 Å². The Morgan fingerprint density at radius 3 is 2.71 bits per heavy atom. The largest absolute Gasteiger partial charge is 0.506 e. The molecule has 0 saturated carbocycles. The van der Waals surface area contributed by atoms with Crippen LogP contribution in [0.25, 0.3) is 11.1 Å². The number of phenolic OH excluding ortho intramolecular Hbond substituents is 1. The van der Waals surface area contributed by atoms with E-state index in [9.17, 15) is 9.90 Å². The molecule has 2 aromatic rings. The molecule has 1 aliphatic heterocycles. The van der Waals surface area contributed by atoms with Gasteiger partial charge in [-0.05, 0) is 45.7 Å². The highest BCUT2D eigenvalue weighted by molar-refractivity contribution is 5.80. The van der Waals surface area contributed by atoms with E-state index in [2.05, 4.69) is 10.3 Å². The van der Waals surface area contributed by atoms with Gasteiger partial charge >= 0.3 is 6.09 Å². The van der Waals surface area contributed by atoms with Gasteiger partial charge in [0.05, 0.1) is 0 Å². The van der Waals surface area contributed by atoms with E-state index < -0.39 is 5.60 Å². The van der Waals surface area contributed by atoms with E-state index in [1.165, 1.54) is 0 Å². The lowest BCUT2D eigenvalue weighted by molar-refractivity contribution is 0.0210. The number of likely N-dealkylation sites (tertiary alicyclic amines) is 1. The highest BCUT2D eigenvalue weighted by Crippen LogP contribution is 2.27. The second kappa shape index (κ2) is 6.22. The van der Waals surface area contributed by atoms with Gasteiger partial charge in [0.1, 0.15) is 11.4 Å². The van der Waals surface area contributed by atoms with Crippen LogP contribution in [0.4, 0.5) is 10.8 Å². The molecule has 3 rings (SSSR count). The van der Waals surface area contributed by atoms with Gasteiger partial charge < -0.3 is 24.5 Å². The first kappa shape index (κ1) is 16.4. The maximum absolute atomic E-state index is 12.1. The maximum Gasteiger partial charge on any atom is 0.410 e. The number of carbonyl (C=O) groups excluding carboxylic acids is 1. The number of nitrogens with zero attached hydrogens (tertiary/aromatic N) is 2. The summed E-state index contributed by atoms with van der Waals surface area (Å²) in [4.78, 5) is 18.1. The molecule has 0 atom stereocenters. The number of benzene rings is 1. The smallest absolute Gasteiger partial charge is 0.410 e. The Morgan fingerprint density at radius 1 is 1.38 bits per heavy atom. The minimum Gasteiger partial charge on any atom is -0.506 e. The third kappa shape index (κ3) is 3.72. The number of carbonyl (C=O) groups is 1. The number of aromatic hydroxyl groups is 1. The fourth-order valence-corrected chi connectivity index (χ4v) is 2.70. The first-order valence-corrected chi connectivity index (χ1v) is 8.15. The van der Waals surface area contributed by atoms with Crippen LogP contribution in [0.3, 0.4) is 0 Å². The third-order valence-electron chi connectivity index (χ3n) is 3.87. The zero-order valence-corrected chi connectivity index (χ0v) is 14.2. The van der Waals surface area contributed by atoms with Gasteiger partial charge in [-0.3, -0.25) is 0 Å². The summed E-state index contributed by atoms with van der Waals surface area (Å²) in [5.41, 5.74) is 0.515. The first-order valence-electron chi connectivity index (χ1n) is 8.15. The van der Waals surface area contributed by atoms with Crippen LogP contribution in [-0.4, -0.2) is 45.8 Å². The summed E-state index contributed by atoms with van der Waals surface area (Å²) in [5, 5.41) is 13.0. The number of anilines is 1. The van der Waals surface area contributed by atoms with E-state index in [4.69, 9.17) is 9.15 Å². The standard InChI is InChI=1S/C17H23N3O4/c1-17(2,3)24-16(22)20-9-7-11(8-10-20)18-15-19-14-12(21)5-4-6-13(14)23-15/h4-6,11,21H,7-10H2,1-3H3,(H,18,19). The van der Waals surface area contributed by atoms with E-state index in [1.54, 1.807) is 23.1 Å². The Bertz CT molecular complexity index is 727. The van der Waals surface area contributed by atoms with Gasteiger partial charge in [0, 0.05) is 19.1 Å². The van der Waals surface area contributed by atoms with E-state index in [0.29, 0.717) is 30.2 Å². The van der Waals surface area contributed by atoms with Crippen molar-refractivity contribution >= 4 is 23.2 Å². The molecule has 1 aromatic carbocycles. The number of fused-ring (bicyclic) bond motifs is 1. The molecule has 1 aliphatic rings. The molecule has 0 spiro atoms. The predicted octanol–water partition coefficient (Wildman–Crippen LogP) is 3.34. The van der Waals surface area contributed by atoms with Crippen molar-refractivity contribution in [3.05, 3.63) is 18.2 Å². The molecule has 0 radical (unpaired) electrons. The zero-order valence-electron chi connectivity index (χ0n) is 14.2. The molecule has 24 heavy (non-hydrogen) atoms. The minimum atomic E-state index is -0.480. The second-order valence-corrected chi connectivity index (χ2v) is 7.03. The van der Waals surface area contributed by atoms with Gasteiger partial charge in [0.15, 0.2) is 11.1 Å². The quantitative estimate of drug-likeness (QED) is 0.876. The number of nitrogens with one attached hydrogen (secondary N) is 1. The van der Waals surface area contributed by atoms with Crippen molar-refractivity contribution in [1.29, 1.82) is 0 Å². The van der Waals surface area contributed by atoms with E-state index in [1.807, 2.05) is 20.8 Å². The van der Waals surface area contributed by atoms with Gasteiger partial charge in [0.25, 0.3) is 6.01 Å². The van der Waals surface area contributed by atoms with E-state index in [-0.39, 0.29) is 17.9 Å². The number of rotatable bonds is 2. The summed E-state index contributed by atoms with van der Waals surface area (Å²) in [5.74, 6) is 0.101. The molecular formula is C17H23N3O4. The molecule has 1 aromatic heterocycles. The Hall–Kier alpha value is -2.44. The number of aromatic nitrogens is 1. The molecule has 1 fully saturated rings. The molecule has 1 amide bonds. The molecular weight excluding hydrogens is 310 g/mol. The Morgan fingerprint density at radius 2 is 2.08 bits per heavy atom. The fraction of sp³-hybridized carbons (Fsp3) is 0.529. The van der Waals surface area contributed by atoms with E-state index in [0.717, 1.165) is 12.8 Å². The summed E-state index contributed by atoms with van der Waals surface area (Å²) in [7, 11) is 0. The highest BCUT2D eigenvalue weighted by atomic mass is 16.6. The Kier molecular flexibility index (Phi) is 4.26. The third-order valence-corrected chi connectivity index (χ3v) is 3.87. The van der Waals surface area contributed by atoms with Crippen LogP contribution in [0.1, 0.15) is 33.6 Å². The van der Waals surface area contributed by atoms with Crippen LogP contribution in [0, 0.1) is 0 Å². The molecule has 0 aliphatic carbocycles. The summed E-state index contributed by atoms with van der Waals surface area (Å²) in [6.45, 7) is 6.84. The number of piperidine rings is 1. The number of hydrogen-bond donors (Lipinski definition) is 2. The SMILES string of the molecule is CC(C)(C)OC(=O)N1CCC(Nc2nc3c(O)cccc3o2)CC1. The van der Waals surface area contributed by atoms with Crippen molar-refractivity contribution in [2.24, 2.45) is 0 Å². The molecule has 7 heteroatoms. The summed E-state index contributed by atoms with van der Waals surface area (Å²) in [6.07, 6.45) is 1.29. The van der Waals surface area contributed by atoms with Crippen molar-refractivity contribution in [2.45, 2.75) is 45.3 Å². The maximum atomic E-state index is 12.1.